The van der Waals surface area contributed by atoms with Crippen molar-refractivity contribution in [2.75, 3.05) is 20.7 Å². The lowest BCUT2D eigenvalue weighted by molar-refractivity contribution is -0.290. The van der Waals surface area contributed by atoms with E-state index in [9.17, 15) is 24.3 Å². The van der Waals surface area contributed by atoms with Gasteiger partial charge in [-0.05, 0) is 78.4 Å². The van der Waals surface area contributed by atoms with Gasteiger partial charge >= 0.3 is 12.1 Å². The minimum Gasteiger partial charge on any atom is -0.455 e. The molecule has 3 aliphatic heterocycles. The van der Waals surface area contributed by atoms with Gasteiger partial charge in [-0.25, -0.2) is 14.0 Å². The maximum absolute atomic E-state index is 16.6. The van der Waals surface area contributed by atoms with Crippen molar-refractivity contribution in [2.24, 2.45) is 18.9 Å². The van der Waals surface area contributed by atoms with Crippen LogP contribution in [0.5, 0.6) is 0 Å². The minimum absolute atomic E-state index is 0.0737. The quantitative estimate of drug-likeness (QED) is 0.236. The number of aliphatic hydroxyl groups excluding tert-OH is 1. The number of amides is 1. The Morgan fingerprint density at radius 2 is 1.88 bits per heavy atom. The van der Waals surface area contributed by atoms with Crippen LogP contribution in [0.4, 0.5) is 9.18 Å². The van der Waals surface area contributed by atoms with E-state index in [-0.39, 0.29) is 31.3 Å². The fourth-order valence-corrected chi connectivity index (χ4v) is 8.64. The van der Waals surface area contributed by atoms with Crippen LogP contribution in [0.1, 0.15) is 79.0 Å². The van der Waals surface area contributed by atoms with E-state index in [1.807, 2.05) is 17.9 Å². The number of cyclic esters (lactones) is 1. The van der Waals surface area contributed by atoms with Crippen molar-refractivity contribution in [2.45, 2.75) is 134 Å². The molecule has 0 aromatic carbocycles. The molecule has 2 N–H and O–H groups in total. The molecule has 5 heterocycles. The van der Waals surface area contributed by atoms with Gasteiger partial charge in [0.25, 0.3) is 5.67 Å². The van der Waals surface area contributed by atoms with Crippen LogP contribution >= 0.6 is 11.3 Å². The van der Waals surface area contributed by atoms with Crippen LogP contribution in [-0.4, -0.2) is 134 Å². The molecule has 2 aromatic heterocycles. The lowest BCUT2D eigenvalue weighted by atomic mass is 9.75. The molecule has 3 saturated heterocycles. The molecular formula is C38H53FN6O10S. The maximum atomic E-state index is 16.6. The number of carbonyl (C=O) groups excluding carboxylic acids is 4. The lowest BCUT2D eigenvalue weighted by Crippen LogP contribution is -2.60. The van der Waals surface area contributed by atoms with Crippen molar-refractivity contribution in [1.29, 1.82) is 0 Å². The molecule has 12 atom stereocenters. The number of aryl methyl sites for hydroxylation is 1. The number of ketones is 2. The van der Waals surface area contributed by atoms with Crippen LogP contribution in [0, 0.1) is 23.7 Å². The molecule has 0 bridgehead atoms. The van der Waals surface area contributed by atoms with Gasteiger partial charge in [-0.15, -0.1) is 21.5 Å². The highest BCUT2D eigenvalue weighted by Gasteiger charge is 2.58. The predicted molar refractivity (Wildman–Crippen MR) is 200 cm³/mol. The van der Waals surface area contributed by atoms with Gasteiger partial charge in [-0.2, -0.15) is 4.80 Å². The number of likely N-dealkylation sites (N-methyl/N-ethyl adjacent to an activating group) is 1. The predicted octanol–water partition coefficient (Wildman–Crippen LogP) is 3.00. The summed E-state index contributed by atoms with van der Waals surface area (Å²) < 4.78 is 46.9. The number of alkyl carbamates (subject to hydrolysis) is 1. The van der Waals surface area contributed by atoms with E-state index in [0.29, 0.717) is 17.1 Å². The Hall–Kier alpha value is -3.86. The first-order valence-electron chi connectivity index (χ1n) is 18.8. The molecule has 0 saturated carbocycles. The third-order valence-electron chi connectivity index (χ3n) is 11.2. The number of fused-ring (bicyclic) bond motifs is 1. The van der Waals surface area contributed by atoms with E-state index in [0.717, 1.165) is 11.8 Å². The molecular weight excluding hydrogens is 752 g/mol. The number of nitrogens with one attached hydrogen (secondary N) is 1. The molecule has 2 aromatic rings. The lowest BCUT2D eigenvalue weighted by Gasteiger charge is -2.46. The van der Waals surface area contributed by atoms with Gasteiger partial charge in [-0.3, -0.25) is 9.59 Å². The van der Waals surface area contributed by atoms with E-state index in [1.54, 1.807) is 54.9 Å². The number of tetrazole rings is 1. The number of thiophene rings is 1. The van der Waals surface area contributed by atoms with Crippen LogP contribution in [0.25, 0.3) is 10.7 Å². The van der Waals surface area contributed by atoms with E-state index in [1.165, 1.54) is 23.1 Å². The number of rotatable bonds is 7. The highest BCUT2D eigenvalue weighted by molar-refractivity contribution is 7.15. The van der Waals surface area contributed by atoms with Crippen molar-refractivity contribution < 1.29 is 52.4 Å². The summed E-state index contributed by atoms with van der Waals surface area (Å²) in [6.45, 7) is 10.5. The molecule has 0 radical (unpaired) electrons. The van der Waals surface area contributed by atoms with Gasteiger partial charge in [0.15, 0.2) is 17.7 Å². The fourth-order valence-electron chi connectivity index (χ4n) is 7.83. The van der Waals surface area contributed by atoms with Gasteiger partial charge in [0.05, 0.1) is 40.7 Å². The molecule has 18 heteroatoms. The minimum atomic E-state index is -3.19. The normalized spacial score (nSPS) is 37.2. The molecule has 3 fully saturated rings. The van der Waals surface area contributed by atoms with Crippen LogP contribution in [-0.2, 0) is 45.1 Å². The van der Waals surface area contributed by atoms with Crippen molar-refractivity contribution in [3.05, 3.63) is 17.0 Å². The second-order valence-corrected chi connectivity index (χ2v) is 16.9. The summed E-state index contributed by atoms with van der Waals surface area (Å²) in [6, 6.07) is 2.25. The monoisotopic (exact) mass is 804 g/mol. The first kappa shape index (κ1) is 43.3. The van der Waals surface area contributed by atoms with Crippen molar-refractivity contribution >= 4 is 35.0 Å². The Kier molecular flexibility index (Phi) is 13.1. The topological polar surface area (TPSA) is 194 Å². The van der Waals surface area contributed by atoms with Crippen molar-refractivity contribution in [3.8, 4) is 22.5 Å². The number of alkyl halides is 1. The van der Waals surface area contributed by atoms with Gasteiger partial charge in [-0.1, -0.05) is 32.6 Å². The molecule has 308 valence electrons. The van der Waals surface area contributed by atoms with Gasteiger partial charge < -0.3 is 39.0 Å². The smallest absolute Gasteiger partial charge is 0.408 e. The van der Waals surface area contributed by atoms with Crippen molar-refractivity contribution in [3.63, 3.8) is 0 Å². The van der Waals surface area contributed by atoms with Crippen LogP contribution in [0.15, 0.2) is 12.1 Å². The zero-order valence-electron chi connectivity index (χ0n) is 33.5. The SMILES string of the molecule is CC[C@@H]1OC(=O)[C@@](C)(F)C(=O)C[C@@H](OC2O[C@H](C)C[C@H](N(C)C)[C@H]2O)[C@@](C)(OCC#Cc2ccc(-c3nnn(C)n3)s2)C[C@@H](C)C(=O)[C@@H](C)[C@H]2NC(=O)O[C@]12C. The van der Waals surface area contributed by atoms with Crippen molar-refractivity contribution in [1.82, 2.24) is 30.4 Å². The number of aromatic nitrogens is 4. The highest BCUT2D eigenvalue weighted by Crippen LogP contribution is 2.40. The van der Waals surface area contributed by atoms with E-state index >= 15 is 4.39 Å². The van der Waals surface area contributed by atoms with Gasteiger partial charge in [0, 0.05) is 24.3 Å². The summed E-state index contributed by atoms with van der Waals surface area (Å²) >= 11 is 1.35. The highest BCUT2D eigenvalue weighted by atomic mass is 32.1. The first-order chi connectivity index (χ1) is 26.2. The van der Waals surface area contributed by atoms with E-state index < -0.39 is 89.7 Å². The molecule has 1 amide bonds. The van der Waals surface area contributed by atoms with E-state index in [2.05, 4.69) is 32.6 Å². The number of hydrogen-bond acceptors (Lipinski definition) is 15. The zero-order chi connectivity index (χ0) is 41.3. The van der Waals surface area contributed by atoms with Crippen LogP contribution < -0.4 is 5.32 Å². The molecule has 56 heavy (non-hydrogen) atoms. The second kappa shape index (κ2) is 16.9. The van der Waals surface area contributed by atoms with E-state index in [4.69, 9.17) is 23.7 Å². The number of aliphatic hydroxyl groups is 1. The average molecular weight is 805 g/mol. The molecule has 1 unspecified atom stereocenters. The summed E-state index contributed by atoms with van der Waals surface area (Å²) in [5, 5.41) is 26.3. The Labute approximate surface area is 330 Å². The largest absolute Gasteiger partial charge is 0.455 e. The van der Waals surface area contributed by atoms with Crippen LogP contribution in [0.2, 0.25) is 0 Å². The number of nitrogens with zero attached hydrogens (tertiary/aromatic N) is 5. The molecule has 0 spiro atoms. The summed E-state index contributed by atoms with van der Waals surface area (Å²) in [5.41, 5.74) is -6.33. The number of hydrogen-bond donors (Lipinski definition) is 2. The molecule has 3 aliphatic rings. The Balaban J connectivity index is 1.54. The molecule has 5 rings (SSSR count). The second-order valence-electron chi connectivity index (χ2n) is 15.8. The Morgan fingerprint density at radius 3 is 2.52 bits per heavy atom. The summed E-state index contributed by atoms with van der Waals surface area (Å²) in [4.78, 5) is 59.2. The maximum Gasteiger partial charge on any atom is 0.408 e. The Morgan fingerprint density at radius 1 is 1.16 bits per heavy atom. The number of Topliss-reactive ketones (excluding diaryl/α,β-unsaturated/α-hetero) is 2. The van der Waals surface area contributed by atoms with Gasteiger partial charge in [0.2, 0.25) is 5.82 Å². The summed E-state index contributed by atoms with van der Waals surface area (Å²) in [7, 11) is 5.28. The average Bonchev–Trinajstić information content (AvgIpc) is 3.87. The molecule has 0 aliphatic carbocycles. The number of halogens is 1. The number of carbonyl (C=O) groups is 4. The summed E-state index contributed by atoms with van der Waals surface area (Å²) in [6.07, 6.45) is -6.52. The number of ether oxygens (including phenoxy) is 5. The molecule has 16 nitrogen and oxygen atoms in total. The fraction of sp³-hybridized carbons (Fsp3) is 0.711. The number of esters is 1. The Bertz CT molecular complexity index is 1840. The first-order valence-corrected chi connectivity index (χ1v) is 19.6. The third kappa shape index (κ3) is 8.98. The van der Waals surface area contributed by atoms with Crippen LogP contribution in [0.3, 0.4) is 0 Å². The zero-order valence-corrected chi connectivity index (χ0v) is 34.3. The third-order valence-corrected chi connectivity index (χ3v) is 12.2. The van der Waals surface area contributed by atoms with Gasteiger partial charge in [0.1, 0.15) is 24.6 Å². The standard InChI is InChI=1S/C38H53FN6O10S/c1-11-27-38(7)31(40-35(50)55-38)22(4)29(47)20(2)19-36(5,51-16-12-13-23-14-15-25(56-23)32-41-43-45(10)42-32)28(18-26(46)37(6,39)34(49)54-27)53-33-30(48)24(44(8)9)17-21(3)52-33/h14-15,20-22,24,27-28,30-31,33,48H,11,16-19H2,1-10H3,(H,40,50)/t20-,21-,22-,24+,27+,28-,30-,31-,33?,36+,37+,38-/m1/s1. The summed E-state index contributed by atoms with van der Waals surface area (Å²) in [5.74, 6) is 1.84.